The summed E-state index contributed by atoms with van der Waals surface area (Å²) in [6.45, 7) is 9.05. The Morgan fingerprint density at radius 2 is 1.65 bits per heavy atom. The van der Waals surface area contributed by atoms with Crippen molar-refractivity contribution >= 4 is 0 Å². The molecule has 170 valence electrons. The third-order valence-corrected chi connectivity index (χ3v) is 6.74. The highest BCUT2D eigenvalue weighted by atomic mass is 19.1. The van der Waals surface area contributed by atoms with E-state index in [-0.39, 0.29) is 16.9 Å². The standard InChI is InChI=1S/C27H37F2NO/c1-19(20-14-23(28)17-24(29)15-20)13-25(31)18-30-27(11-6-5-7-12-27)22-10-8-9-21(16-22)26(2,3)4/h8-10,14-17,19,25,30-31H,5-7,11-13,18H2,1-4H3. The quantitative estimate of drug-likeness (QED) is 0.522. The Labute approximate surface area is 186 Å². The predicted octanol–water partition coefficient (Wildman–Crippen LogP) is 6.57. The lowest BCUT2D eigenvalue weighted by Crippen LogP contribution is -2.47. The Kier molecular flexibility index (Phi) is 7.54. The van der Waals surface area contributed by atoms with Gasteiger partial charge in [-0.3, -0.25) is 0 Å². The molecule has 0 aliphatic heterocycles. The molecule has 1 aliphatic carbocycles. The lowest BCUT2D eigenvalue weighted by Gasteiger charge is -2.40. The molecule has 0 bridgehead atoms. The predicted molar refractivity (Wildman–Crippen MR) is 123 cm³/mol. The molecule has 1 aliphatic rings. The van der Waals surface area contributed by atoms with Crippen LogP contribution in [0, 0.1) is 11.6 Å². The first-order valence-corrected chi connectivity index (χ1v) is 11.6. The molecular weight excluding hydrogens is 392 g/mol. The Morgan fingerprint density at radius 3 is 2.26 bits per heavy atom. The summed E-state index contributed by atoms with van der Waals surface area (Å²) >= 11 is 0. The molecule has 1 saturated carbocycles. The number of hydrogen-bond acceptors (Lipinski definition) is 2. The number of aliphatic hydroxyl groups is 1. The van der Waals surface area contributed by atoms with Crippen LogP contribution in [0.15, 0.2) is 42.5 Å². The highest BCUT2D eigenvalue weighted by molar-refractivity contribution is 5.34. The zero-order valence-electron chi connectivity index (χ0n) is 19.3. The maximum Gasteiger partial charge on any atom is 0.126 e. The minimum absolute atomic E-state index is 0.0844. The molecule has 2 aromatic carbocycles. The summed E-state index contributed by atoms with van der Waals surface area (Å²) in [5.74, 6) is -1.28. The van der Waals surface area contributed by atoms with Crippen LogP contribution >= 0.6 is 0 Å². The van der Waals surface area contributed by atoms with Crippen LogP contribution in [0.25, 0.3) is 0 Å². The van der Waals surface area contributed by atoms with E-state index in [4.69, 9.17) is 0 Å². The number of hydrogen-bond donors (Lipinski definition) is 2. The SMILES string of the molecule is CC(CC(O)CNC1(c2cccc(C(C)(C)C)c2)CCCCC1)c1cc(F)cc(F)c1. The zero-order chi connectivity index (χ0) is 22.6. The van der Waals surface area contributed by atoms with E-state index in [2.05, 4.69) is 50.4 Å². The molecule has 0 amide bonds. The maximum absolute atomic E-state index is 13.6. The molecule has 4 heteroatoms. The summed E-state index contributed by atoms with van der Waals surface area (Å²) in [4.78, 5) is 0. The Morgan fingerprint density at radius 1 is 1.00 bits per heavy atom. The van der Waals surface area contributed by atoms with Crippen LogP contribution in [0.2, 0.25) is 0 Å². The number of aliphatic hydroxyl groups excluding tert-OH is 1. The third kappa shape index (κ3) is 6.14. The van der Waals surface area contributed by atoms with Gasteiger partial charge in [-0.15, -0.1) is 0 Å². The second-order valence-electron chi connectivity index (χ2n) is 10.3. The zero-order valence-corrected chi connectivity index (χ0v) is 19.3. The highest BCUT2D eigenvalue weighted by Crippen LogP contribution is 2.38. The molecule has 2 aromatic rings. The van der Waals surface area contributed by atoms with Crippen LogP contribution in [-0.2, 0) is 11.0 Å². The van der Waals surface area contributed by atoms with Gasteiger partial charge in [0, 0.05) is 18.2 Å². The number of halogens is 2. The lowest BCUT2D eigenvalue weighted by molar-refractivity contribution is 0.126. The van der Waals surface area contributed by atoms with E-state index in [9.17, 15) is 13.9 Å². The molecular formula is C27H37F2NO. The van der Waals surface area contributed by atoms with Crippen molar-refractivity contribution < 1.29 is 13.9 Å². The van der Waals surface area contributed by atoms with Gasteiger partial charge < -0.3 is 10.4 Å². The third-order valence-electron chi connectivity index (χ3n) is 6.74. The lowest BCUT2D eigenvalue weighted by atomic mass is 9.74. The molecule has 31 heavy (non-hydrogen) atoms. The minimum Gasteiger partial charge on any atom is -0.392 e. The topological polar surface area (TPSA) is 32.3 Å². The second-order valence-corrected chi connectivity index (χ2v) is 10.3. The molecule has 2 nitrogen and oxygen atoms in total. The van der Waals surface area contributed by atoms with E-state index in [1.54, 1.807) is 0 Å². The summed E-state index contributed by atoms with van der Waals surface area (Å²) in [6, 6.07) is 12.5. The average Bonchev–Trinajstić information content (AvgIpc) is 2.72. The van der Waals surface area contributed by atoms with Crippen LogP contribution in [0.3, 0.4) is 0 Å². The molecule has 0 radical (unpaired) electrons. The van der Waals surface area contributed by atoms with Crippen molar-refractivity contribution in [3.8, 4) is 0 Å². The van der Waals surface area contributed by atoms with Gasteiger partial charge in [-0.05, 0) is 59.4 Å². The maximum atomic E-state index is 13.6. The summed E-state index contributed by atoms with van der Waals surface area (Å²) < 4.78 is 27.1. The number of rotatable bonds is 7. The highest BCUT2D eigenvalue weighted by Gasteiger charge is 2.34. The molecule has 0 saturated heterocycles. The molecule has 0 heterocycles. The fourth-order valence-electron chi connectivity index (χ4n) is 4.81. The summed E-state index contributed by atoms with van der Waals surface area (Å²) in [5, 5.41) is 14.5. The van der Waals surface area contributed by atoms with Crippen molar-refractivity contribution in [2.24, 2.45) is 0 Å². The van der Waals surface area contributed by atoms with Gasteiger partial charge >= 0.3 is 0 Å². The second kappa shape index (κ2) is 9.79. The van der Waals surface area contributed by atoms with Crippen LogP contribution in [-0.4, -0.2) is 17.8 Å². The van der Waals surface area contributed by atoms with Crippen LogP contribution in [0.4, 0.5) is 8.78 Å². The Hall–Kier alpha value is -1.78. The van der Waals surface area contributed by atoms with Gasteiger partial charge in [0.15, 0.2) is 0 Å². The van der Waals surface area contributed by atoms with Gasteiger partial charge in [-0.25, -0.2) is 8.78 Å². The van der Waals surface area contributed by atoms with E-state index in [1.807, 2.05) is 6.92 Å². The molecule has 1 fully saturated rings. The summed E-state index contributed by atoms with van der Waals surface area (Å²) in [6.07, 6.45) is 5.55. The van der Waals surface area contributed by atoms with Crippen LogP contribution in [0.5, 0.6) is 0 Å². The largest absolute Gasteiger partial charge is 0.392 e. The van der Waals surface area contributed by atoms with Crippen molar-refractivity contribution in [3.05, 3.63) is 70.8 Å². The summed E-state index contributed by atoms with van der Waals surface area (Å²) in [7, 11) is 0. The monoisotopic (exact) mass is 429 g/mol. The van der Waals surface area contributed by atoms with Crippen molar-refractivity contribution in [2.75, 3.05) is 6.54 Å². The molecule has 0 spiro atoms. The number of benzene rings is 2. The van der Waals surface area contributed by atoms with Crippen molar-refractivity contribution in [2.45, 2.75) is 89.2 Å². The molecule has 2 unspecified atom stereocenters. The molecule has 0 aromatic heterocycles. The van der Waals surface area contributed by atoms with E-state index in [0.29, 0.717) is 18.5 Å². The van der Waals surface area contributed by atoms with Crippen molar-refractivity contribution in [1.29, 1.82) is 0 Å². The fourth-order valence-corrected chi connectivity index (χ4v) is 4.81. The van der Waals surface area contributed by atoms with Gasteiger partial charge in [0.2, 0.25) is 0 Å². The van der Waals surface area contributed by atoms with Gasteiger partial charge in [0.1, 0.15) is 11.6 Å². The van der Waals surface area contributed by atoms with E-state index in [0.717, 1.165) is 18.9 Å². The van der Waals surface area contributed by atoms with Gasteiger partial charge in [0.25, 0.3) is 0 Å². The van der Waals surface area contributed by atoms with E-state index >= 15 is 0 Å². The van der Waals surface area contributed by atoms with Crippen molar-refractivity contribution in [3.63, 3.8) is 0 Å². The molecule has 2 N–H and O–H groups in total. The smallest absolute Gasteiger partial charge is 0.126 e. The molecule has 3 rings (SSSR count). The first kappa shape index (κ1) is 23.9. The average molecular weight is 430 g/mol. The van der Waals surface area contributed by atoms with E-state index in [1.165, 1.54) is 42.5 Å². The fraction of sp³-hybridized carbons (Fsp3) is 0.556. The van der Waals surface area contributed by atoms with Crippen molar-refractivity contribution in [1.82, 2.24) is 5.32 Å². The van der Waals surface area contributed by atoms with Crippen LogP contribution in [0.1, 0.15) is 88.8 Å². The summed E-state index contributed by atoms with van der Waals surface area (Å²) in [5.41, 5.74) is 3.16. The first-order chi connectivity index (χ1) is 14.6. The Bertz CT molecular complexity index is 848. The van der Waals surface area contributed by atoms with Gasteiger partial charge in [-0.1, -0.05) is 71.2 Å². The Balaban J connectivity index is 1.71. The molecule has 2 atom stereocenters. The van der Waals surface area contributed by atoms with Crippen LogP contribution < -0.4 is 5.32 Å². The normalized spacial score (nSPS) is 18.5. The number of nitrogens with one attached hydrogen (secondary N) is 1. The minimum atomic E-state index is -0.592. The first-order valence-electron chi connectivity index (χ1n) is 11.6. The van der Waals surface area contributed by atoms with Gasteiger partial charge in [0.05, 0.1) is 6.10 Å². The van der Waals surface area contributed by atoms with E-state index < -0.39 is 17.7 Å². The van der Waals surface area contributed by atoms with Gasteiger partial charge in [-0.2, -0.15) is 0 Å².